The van der Waals surface area contributed by atoms with E-state index in [1.165, 1.54) is 17.0 Å². The van der Waals surface area contributed by atoms with E-state index in [-0.39, 0.29) is 11.9 Å². The molecule has 0 saturated heterocycles. The zero-order valence-corrected chi connectivity index (χ0v) is 13.2. The summed E-state index contributed by atoms with van der Waals surface area (Å²) in [5.41, 5.74) is 2.28. The number of hydrogen-bond donors (Lipinski definition) is 1. The van der Waals surface area contributed by atoms with Crippen LogP contribution in [0.1, 0.15) is 41.0 Å². The molecule has 0 saturated carbocycles. The highest BCUT2D eigenvalue weighted by molar-refractivity contribution is 7.11. The molecule has 1 aromatic carbocycles. The summed E-state index contributed by atoms with van der Waals surface area (Å²) in [6.07, 6.45) is 0.882. The van der Waals surface area contributed by atoms with Gasteiger partial charge in [-0.15, -0.1) is 11.3 Å². The Labute approximate surface area is 124 Å². The SMILES string of the molecule is Cc1nc(C(C)NC(C)Cc2ccc(F)cc2)c(C)s1. The van der Waals surface area contributed by atoms with Crippen molar-refractivity contribution in [2.75, 3.05) is 0 Å². The Morgan fingerprint density at radius 2 is 1.85 bits per heavy atom. The normalized spacial score (nSPS) is 14.2. The van der Waals surface area contributed by atoms with Crippen molar-refractivity contribution in [1.29, 1.82) is 0 Å². The maximum atomic E-state index is 12.9. The maximum Gasteiger partial charge on any atom is 0.123 e. The molecule has 0 fully saturated rings. The second kappa shape index (κ2) is 6.46. The van der Waals surface area contributed by atoms with Crippen LogP contribution in [-0.4, -0.2) is 11.0 Å². The largest absolute Gasteiger partial charge is 0.306 e. The summed E-state index contributed by atoms with van der Waals surface area (Å²) in [5, 5.41) is 4.67. The Balaban J connectivity index is 1.95. The lowest BCUT2D eigenvalue weighted by atomic mass is 10.1. The van der Waals surface area contributed by atoms with Crippen molar-refractivity contribution >= 4 is 11.3 Å². The van der Waals surface area contributed by atoms with Crippen LogP contribution in [0.25, 0.3) is 0 Å². The van der Waals surface area contributed by atoms with E-state index in [9.17, 15) is 4.39 Å². The monoisotopic (exact) mass is 292 g/mol. The molecule has 0 spiro atoms. The highest BCUT2D eigenvalue weighted by Crippen LogP contribution is 2.23. The molecule has 0 aliphatic heterocycles. The van der Waals surface area contributed by atoms with Gasteiger partial charge in [-0.1, -0.05) is 12.1 Å². The standard InChI is InChI=1S/C16H21FN2S/c1-10(9-14-5-7-15(17)8-6-14)18-11(2)16-12(3)20-13(4)19-16/h5-8,10-11,18H,9H2,1-4H3. The molecule has 2 aromatic rings. The predicted molar refractivity (Wildman–Crippen MR) is 82.7 cm³/mol. The Bertz CT molecular complexity index is 562. The number of aromatic nitrogens is 1. The van der Waals surface area contributed by atoms with Crippen molar-refractivity contribution in [2.45, 2.75) is 46.2 Å². The summed E-state index contributed by atoms with van der Waals surface area (Å²) in [6, 6.07) is 7.26. The minimum Gasteiger partial charge on any atom is -0.306 e. The van der Waals surface area contributed by atoms with E-state index in [1.807, 2.05) is 19.1 Å². The Hall–Kier alpha value is -1.26. The summed E-state index contributed by atoms with van der Waals surface area (Å²) in [4.78, 5) is 5.86. The fourth-order valence-corrected chi connectivity index (χ4v) is 3.40. The maximum absolute atomic E-state index is 12.9. The van der Waals surface area contributed by atoms with E-state index in [0.717, 1.165) is 22.7 Å². The number of rotatable bonds is 5. The molecule has 4 heteroatoms. The molecule has 2 nitrogen and oxygen atoms in total. The Morgan fingerprint density at radius 1 is 1.20 bits per heavy atom. The van der Waals surface area contributed by atoms with Crippen LogP contribution < -0.4 is 5.32 Å². The topological polar surface area (TPSA) is 24.9 Å². The summed E-state index contributed by atoms with van der Waals surface area (Å²) < 4.78 is 12.9. The lowest BCUT2D eigenvalue weighted by Crippen LogP contribution is -2.31. The highest BCUT2D eigenvalue weighted by Gasteiger charge is 2.15. The predicted octanol–water partition coefficient (Wildman–Crippen LogP) is 4.18. The van der Waals surface area contributed by atoms with E-state index in [4.69, 9.17) is 0 Å². The molecule has 0 radical (unpaired) electrons. The Kier molecular flexibility index (Phi) is 4.89. The first-order valence-corrected chi connectivity index (χ1v) is 7.71. The molecule has 2 atom stereocenters. The van der Waals surface area contributed by atoms with Crippen LogP contribution in [0.4, 0.5) is 4.39 Å². The molecule has 1 heterocycles. The molecule has 20 heavy (non-hydrogen) atoms. The van der Waals surface area contributed by atoms with E-state index in [2.05, 4.69) is 31.1 Å². The van der Waals surface area contributed by atoms with Crippen molar-refractivity contribution < 1.29 is 4.39 Å². The van der Waals surface area contributed by atoms with Crippen LogP contribution in [0.15, 0.2) is 24.3 Å². The summed E-state index contributed by atoms with van der Waals surface area (Å²) in [6.45, 7) is 8.44. The van der Waals surface area contributed by atoms with Crippen LogP contribution in [0.5, 0.6) is 0 Å². The molecule has 2 unspecified atom stereocenters. The second-order valence-electron chi connectivity index (χ2n) is 5.29. The quantitative estimate of drug-likeness (QED) is 0.894. The number of thiazole rings is 1. The van der Waals surface area contributed by atoms with Crippen molar-refractivity contribution in [3.05, 3.63) is 51.2 Å². The molecular weight excluding hydrogens is 271 g/mol. The number of nitrogens with one attached hydrogen (secondary N) is 1. The van der Waals surface area contributed by atoms with Gasteiger partial charge in [-0.25, -0.2) is 9.37 Å². The van der Waals surface area contributed by atoms with E-state index in [1.54, 1.807) is 11.3 Å². The van der Waals surface area contributed by atoms with E-state index in [0.29, 0.717) is 6.04 Å². The average Bonchev–Trinajstić information content (AvgIpc) is 2.71. The van der Waals surface area contributed by atoms with Crippen molar-refractivity contribution in [1.82, 2.24) is 10.3 Å². The van der Waals surface area contributed by atoms with Gasteiger partial charge in [0, 0.05) is 17.0 Å². The molecule has 108 valence electrons. The minimum atomic E-state index is -0.184. The zero-order chi connectivity index (χ0) is 14.7. The first-order valence-electron chi connectivity index (χ1n) is 6.90. The van der Waals surface area contributed by atoms with Crippen molar-refractivity contribution in [3.8, 4) is 0 Å². The van der Waals surface area contributed by atoms with Gasteiger partial charge in [-0.2, -0.15) is 0 Å². The van der Waals surface area contributed by atoms with Crippen LogP contribution >= 0.6 is 11.3 Å². The third-order valence-corrected chi connectivity index (χ3v) is 4.24. The molecule has 0 aliphatic carbocycles. The van der Waals surface area contributed by atoms with Crippen LogP contribution in [-0.2, 0) is 6.42 Å². The van der Waals surface area contributed by atoms with Crippen molar-refractivity contribution in [2.24, 2.45) is 0 Å². The third kappa shape index (κ3) is 3.87. The van der Waals surface area contributed by atoms with Gasteiger partial charge in [0.1, 0.15) is 5.82 Å². The fourth-order valence-electron chi connectivity index (χ4n) is 2.49. The first-order chi connectivity index (χ1) is 9.45. The second-order valence-corrected chi connectivity index (χ2v) is 6.70. The number of hydrogen-bond acceptors (Lipinski definition) is 3. The first kappa shape index (κ1) is 15.1. The van der Waals surface area contributed by atoms with Gasteiger partial charge in [-0.3, -0.25) is 0 Å². The molecule has 1 aromatic heterocycles. The fraction of sp³-hybridized carbons (Fsp3) is 0.438. The molecule has 0 amide bonds. The van der Waals surface area contributed by atoms with Gasteiger partial charge in [0.05, 0.1) is 10.7 Å². The summed E-state index contributed by atoms with van der Waals surface area (Å²) in [7, 11) is 0. The zero-order valence-electron chi connectivity index (χ0n) is 12.4. The van der Waals surface area contributed by atoms with Crippen LogP contribution in [0.3, 0.4) is 0 Å². The third-order valence-electron chi connectivity index (χ3n) is 3.34. The van der Waals surface area contributed by atoms with Crippen molar-refractivity contribution in [3.63, 3.8) is 0 Å². The van der Waals surface area contributed by atoms with Crippen LogP contribution in [0.2, 0.25) is 0 Å². The van der Waals surface area contributed by atoms with Gasteiger partial charge in [0.25, 0.3) is 0 Å². The number of nitrogens with zero attached hydrogens (tertiary/aromatic N) is 1. The van der Waals surface area contributed by atoms with Gasteiger partial charge in [-0.05, 0) is 51.8 Å². The molecule has 0 bridgehead atoms. The summed E-state index contributed by atoms with van der Waals surface area (Å²) >= 11 is 1.74. The van der Waals surface area contributed by atoms with E-state index >= 15 is 0 Å². The Morgan fingerprint density at radius 3 is 2.40 bits per heavy atom. The highest BCUT2D eigenvalue weighted by atomic mass is 32.1. The number of aryl methyl sites for hydroxylation is 2. The van der Waals surface area contributed by atoms with Gasteiger partial charge < -0.3 is 5.32 Å². The van der Waals surface area contributed by atoms with Gasteiger partial charge in [0.2, 0.25) is 0 Å². The van der Waals surface area contributed by atoms with E-state index < -0.39 is 0 Å². The number of benzene rings is 1. The average molecular weight is 292 g/mol. The molecule has 2 rings (SSSR count). The molecular formula is C16H21FN2S. The van der Waals surface area contributed by atoms with Crippen LogP contribution in [0, 0.1) is 19.7 Å². The van der Waals surface area contributed by atoms with Gasteiger partial charge in [0.15, 0.2) is 0 Å². The lowest BCUT2D eigenvalue weighted by Gasteiger charge is -2.19. The molecule has 1 N–H and O–H groups in total. The smallest absolute Gasteiger partial charge is 0.123 e. The number of halogens is 1. The summed E-state index contributed by atoms with van der Waals surface area (Å²) in [5.74, 6) is -0.184. The minimum absolute atomic E-state index is 0.184. The molecule has 0 aliphatic rings. The lowest BCUT2D eigenvalue weighted by molar-refractivity contribution is 0.469. The van der Waals surface area contributed by atoms with Gasteiger partial charge >= 0.3 is 0 Å².